The minimum Gasteiger partial charge on any atom is -0.591 e. The van der Waals surface area contributed by atoms with Crippen LogP contribution >= 0.6 is 0 Å². The van der Waals surface area contributed by atoms with Crippen LogP contribution in [0.4, 0.5) is 0 Å². The number of aryl methyl sites for hydroxylation is 1. The highest BCUT2D eigenvalue weighted by molar-refractivity contribution is 7.91. The van der Waals surface area contributed by atoms with Gasteiger partial charge in [-0.2, -0.15) is 0 Å². The number of nitrogens with zero attached hydrogens (tertiary/aromatic N) is 2. The number of hydrogen-bond donors (Lipinski definition) is 0. The zero-order valence-corrected chi connectivity index (χ0v) is 17.3. The highest BCUT2D eigenvalue weighted by Crippen LogP contribution is 2.26. The Bertz CT molecular complexity index is 1100. The third kappa shape index (κ3) is 3.95. The van der Waals surface area contributed by atoms with Crippen molar-refractivity contribution in [3.8, 4) is 0 Å². The maximum atomic E-state index is 13.0. The molecule has 0 spiro atoms. The number of benzene rings is 2. The Kier molecular flexibility index (Phi) is 5.20. The summed E-state index contributed by atoms with van der Waals surface area (Å²) in [7, 11) is -3.68. The van der Waals surface area contributed by atoms with Crippen molar-refractivity contribution in [2.24, 2.45) is 4.40 Å². The molecule has 1 heterocycles. The summed E-state index contributed by atoms with van der Waals surface area (Å²) in [5.74, 6) is 0. The van der Waals surface area contributed by atoms with E-state index in [0.29, 0.717) is 11.2 Å². The number of rotatable bonds is 4. The highest BCUT2D eigenvalue weighted by atomic mass is 32.2. The second-order valence-electron chi connectivity index (χ2n) is 7.28. The Balaban J connectivity index is 2.04. The van der Waals surface area contributed by atoms with E-state index in [4.69, 9.17) is 0 Å². The molecule has 0 amide bonds. The van der Waals surface area contributed by atoms with Crippen LogP contribution in [0.2, 0.25) is 0 Å². The van der Waals surface area contributed by atoms with Crippen LogP contribution in [0.3, 0.4) is 0 Å². The fourth-order valence-electron chi connectivity index (χ4n) is 2.71. The van der Waals surface area contributed by atoms with Crippen LogP contribution in [0.15, 0.2) is 63.9 Å². The smallest absolute Gasteiger partial charge is 0.268 e. The van der Waals surface area contributed by atoms with Gasteiger partial charge < -0.3 is 4.55 Å². The molecule has 0 N–H and O–H groups in total. The van der Waals surface area contributed by atoms with Gasteiger partial charge in [0.25, 0.3) is 10.0 Å². The summed E-state index contributed by atoms with van der Waals surface area (Å²) in [4.78, 5) is 0.247. The van der Waals surface area contributed by atoms with Gasteiger partial charge in [-0.15, -0.1) is 0 Å². The summed E-state index contributed by atoms with van der Waals surface area (Å²) in [6.45, 7) is 7.35. The van der Waals surface area contributed by atoms with Gasteiger partial charge in [-0.3, -0.25) is 0 Å². The zero-order chi connectivity index (χ0) is 19.8. The van der Waals surface area contributed by atoms with E-state index in [9.17, 15) is 13.0 Å². The molecule has 0 bridgehead atoms. The molecule has 5 nitrogen and oxygen atoms in total. The van der Waals surface area contributed by atoms with Gasteiger partial charge in [0.15, 0.2) is 0 Å². The minimum absolute atomic E-state index is 0.247. The third-order valence-electron chi connectivity index (χ3n) is 4.06. The number of hydrogen-bond acceptors (Lipinski definition) is 4. The summed E-state index contributed by atoms with van der Waals surface area (Å²) in [5.41, 5.74) is 2.00. The van der Waals surface area contributed by atoms with E-state index in [1.54, 1.807) is 55.6 Å². The molecule has 0 saturated heterocycles. The van der Waals surface area contributed by atoms with Crippen molar-refractivity contribution in [2.75, 3.05) is 0 Å². The van der Waals surface area contributed by atoms with Crippen molar-refractivity contribution in [3.63, 3.8) is 0 Å². The number of aromatic nitrogens is 1. The van der Waals surface area contributed by atoms with Crippen molar-refractivity contribution >= 4 is 38.5 Å². The molecule has 0 aliphatic rings. The average molecular weight is 403 g/mol. The Morgan fingerprint density at radius 2 is 1.74 bits per heavy atom. The topological polar surface area (TPSA) is 74.5 Å². The third-order valence-corrected chi connectivity index (χ3v) is 7.24. The molecule has 0 fully saturated rings. The van der Waals surface area contributed by atoms with Crippen LogP contribution in [0.1, 0.15) is 32.0 Å². The van der Waals surface area contributed by atoms with Crippen molar-refractivity contribution in [2.45, 2.75) is 37.3 Å². The number of fused-ring (bicyclic) bond motifs is 1. The average Bonchev–Trinajstić information content (AvgIpc) is 2.95. The van der Waals surface area contributed by atoms with Gasteiger partial charge in [0.1, 0.15) is 16.1 Å². The van der Waals surface area contributed by atoms with E-state index in [-0.39, 0.29) is 4.90 Å². The Labute approximate surface area is 163 Å². The summed E-state index contributed by atoms with van der Waals surface area (Å²) in [5, 5.41) is 0.789. The zero-order valence-electron chi connectivity index (χ0n) is 15.7. The molecule has 2 aromatic carbocycles. The molecule has 0 radical (unpaired) electrons. The quantitative estimate of drug-likeness (QED) is 0.488. The second-order valence-corrected chi connectivity index (χ2v) is 11.0. The molecule has 0 saturated carbocycles. The van der Waals surface area contributed by atoms with E-state index in [1.165, 1.54) is 3.97 Å². The van der Waals surface area contributed by atoms with Crippen LogP contribution in [0.25, 0.3) is 10.9 Å². The first-order valence-electron chi connectivity index (χ1n) is 8.49. The predicted molar refractivity (Wildman–Crippen MR) is 111 cm³/mol. The fourth-order valence-corrected chi connectivity index (χ4v) is 4.81. The molecule has 1 atom stereocenters. The molecule has 1 aromatic heterocycles. The molecule has 7 heteroatoms. The maximum absolute atomic E-state index is 13.0. The summed E-state index contributed by atoms with van der Waals surface area (Å²) < 4.78 is 43.2. The van der Waals surface area contributed by atoms with E-state index in [1.807, 2.05) is 32.9 Å². The fraction of sp³-hybridized carbons (Fsp3) is 0.250. The minimum atomic E-state index is -3.68. The van der Waals surface area contributed by atoms with Crippen molar-refractivity contribution in [1.82, 2.24) is 3.97 Å². The SMILES string of the molecule is Cc1cc2cc(/C=N/[S@@+]([O-])C(C)(C)C)ccc2n1S(=O)(=O)c1ccccc1. The molecule has 142 valence electrons. The van der Waals surface area contributed by atoms with Gasteiger partial charge in [0.05, 0.1) is 16.6 Å². The Morgan fingerprint density at radius 1 is 1.07 bits per heavy atom. The van der Waals surface area contributed by atoms with Crippen LogP contribution in [-0.2, 0) is 21.4 Å². The monoisotopic (exact) mass is 402 g/mol. The van der Waals surface area contributed by atoms with Gasteiger partial charge in [-0.25, -0.2) is 12.4 Å². The first-order chi connectivity index (χ1) is 12.6. The standard InChI is InChI=1S/C20H22N2O3S2/c1-15-12-17-13-16(14-21-26(23)20(2,3)4)10-11-19(17)22(15)27(24,25)18-8-6-5-7-9-18/h5-14H,1-4H3/b21-14+/t26-/m0/s1. The summed E-state index contributed by atoms with van der Waals surface area (Å²) in [6.07, 6.45) is 1.57. The first-order valence-corrected chi connectivity index (χ1v) is 11.0. The van der Waals surface area contributed by atoms with E-state index < -0.39 is 26.1 Å². The Hall–Kier alpha value is -2.09. The Morgan fingerprint density at radius 3 is 2.37 bits per heavy atom. The summed E-state index contributed by atoms with van der Waals surface area (Å²) >= 11 is -1.34. The molecular weight excluding hydrogens is 380 g/mol. The molecule has 0 aliphatic heterocycles. The van der Waals surface area contributed by atoms with Crippen LogP contribution in [0, 0.1) is 6.92 Å². The largest absolute Gasteiger partial charge is 0.591 e. The van der Waals surface area contributed by atoms with E-state index in [2.05, 4.69) is 4.40 Å². The lowest BCUT2D eigenvalue weighted by atomic mass is 10.2. The highest BCUT2D eigenvalue weighted by Gasteiger charge is 2.26. The van der Waals surface area contributed by atoms with Crippen molar-refractivity contribution < 1.29 is 13.0 Å². The second kappa shape index (κ2) is 7.14. The molecule has 27 heavy (non-hydrogen) atoms. The van der Waals surface area contributed by atoms with E-state index in [0.717, 1.165) is 10.9 Å². The lowest BCUT2D eigenvalue weighted by Crippen LogP contribution is -2.25. The van der Waals surface area contributed by atoms with Crippen LogP contribution < -0.4 is 0 Å². The maximum Gasteiger partial charge on any atom is 0.268 e. The summed E-state index contributed by atoms with van der Waals surface area (Å²) in [6, 6.07) is 15.6. The van der Waals surface area contributed by atoms with Crippen LogP contribution in [-0.4, -0.2) is 27.9 Å². The van der Waals surface area contributed by atoms with Gasteiger partial charge in [-0.05, 0) is 63.6 Å². The molecule has 0 unspecified atom stereocenters. The molecule has 3 aromatic rings. The lowest BCUT2D eigenvalue weighted by molar-refractivity contribution is 0.562. The lowest BCUT2D eigenvalue weighted by Gasteiger charge is -2.17. The van der Waals surface area contributed by atoms with Gasteiger partial charge in [0, 0.05) is 11.1 Å². The predicted octanol–water partition coefficient (Wildman–Crippen LogP) is 4.07. The van der Waals surface area contributed by atoms with Gasteiger partial charge in [-0.1, -0.05) is 28.7 Å². The molecular formula is C20H22N2O3S2. The van der Waals surface area contributed by atoms with E-state index >= 15 is 0 Å². The molecule has 3 rings (SSSR count). The van der Waals surface area contributed by atoms with Gasteiger partial charge >= 0.3 is 0 Å². The molecule has 0 aliphatic carbocycles. The van der Waals surface area contributed by atoms with Gasteiger partial charge in [0.2, 0.25) is 0 Å². The van der Waals surface area contributed by atoms with Crippen molar-refractivity contribution in [3.05, 3.63) is 65.9 Å². The first kappa shape index (κ1) is 19.7. The normalized spacial score (nSPS) is 14.1. The van der Waals surface area contributed by atoms with Crippen LogP contribution in [0.5, 0.6) is 0 Å². The van der Waals surface area contributed by atoms with Crippen molar-refractivity contribution in [1.29, 1.82) is 0 Å².